The second-order valence-electron chi connectivity index (χ2n) is 4.36. The fourth-order valence-electron chi connectivity index (χ4n) is 2.00. The van der Waals surface area contributed by atoms with Crippen molar-refractivity contribution in [3.8, 4) is 0 Å². The molecule has 1 aliphatic heterocycles. The molecule has 19 heavy (non-hydrogen) atoms. The van der Waals surface area contributed by atoms with Gasteiger partial charge in [-0.3, -0.25) is 10.1 Å². The van der Waals surface area contributed by atoms with Crippen LogP contribution in [0.5, 0.6) is 0 Å². The molecule has 2 rings (SSSR count). The van der Waals surface area contributed by atoms with Crippen molar-refractivity contribution in [1.82, 2.24) is 0 Å². The van der Waals surface area contributed by atoms with E-state index in [1.54, 1.807) is 0 Å². The van der Waals surface area contributed by atoms with Crippen molar-refractivity contribution in [2.75, 3.05) is 18.0 Å². The summed E-state index contributed by atoms with van der Waals surface area (Å²) in [7, 11) is 0. The molecule has 1 saturated heterocycles. The first-order valence-electron chi connectivity index (χ1n) is 5.56. The zero-order valence-electron chi connectivity index (χ0n) is 9.71. The topological polar surface area (TPSA) is 46.4 Å². The van der Waals surface area contributed by atoms with Gasteiger partial charge in [-0.25, -0.2) is 13.2 Å². The van der Waals surface area contributed by atoms with Crippen LogP contribution in [0.3, 0.4) is 0 Å². The number of nitro benzene ring substituents is 1. The summed E-state index contributed by atoms with van der Waals surface area (Å²) in [6.07, 6.45) is -0.724. The van der Waals surface area contributed by atoms with Gasteiger partial charge in [0.05, 0.1) is 15.5 Å². The Balaban J connectivity index is 2.34. The lowest BCUT2D eigenvalue weighted by atomic mass is 10.1. The molecule has 0 aliphatic carbocycles. The Labute approximate surface area is 115 Å². The molecular formula is C11H10BrF3N2O2. The maximum atomic E-state index is 13.3. The highest BCUT2D eigenvalue weighted by Gasteiger charge is 2.36. The minimum absolute atomic E-state index is 0.00587. The summed E-state index contributed by atoms with van der Waals surface area (Å²) in [6.45, 7) is 0.0117. The minimum Gasteiger partial charge on any atom is -0.366 e. The lowest BCUT2D eigenvalue weighted by molar-refractivity contribution is -0.384. The van der Waals surface area contributed by atoms with Crippen molar-refractivity contribution in [2.24, 2.45) is 0 Å². The van der Waals surface area contributed by atoms with Gasteiger partial charge in [-0.2, -0.15) is 0 Å². The normalized spacial score (nSPS) is 18.4. The lowest BCUT2D eigenvalue weighted by Gasteiger charge is -2.33. The number of piperidine rings is 1. The Morgan fingerprint density at radius 3 is 2.42 bits per heavy atom. The standard InChI is InChI=1S/C11H10BrF3N2O2/c12-7-5-9(10(17(18)19)6-8(7)13)16-3-1-11(14,15)2-4-16/h5-6H,1-4H2. The number of rotatable bonds is 2. The predicted octanol–water partition coefficient (Wildman–Crippen LogP) is 3.73. The average molecular weight is 339 g/mol. The number of nitrogens with zero attached hydrogens (tertiary/aromatic N) is 2. The predicted molar refractivity (Wildman–Crippen MR) is 67.1 cm³/mol. The number of anilines is 1. The Morgan fingerprint density at radius 1 is 1.32 bits per heavy atom. The van der Waals surface area contributed by atoms with Gasteiger partial charge < -0.3 is 4.90 Å². The van der Waals surface area contributed by atoms with Crippen LogP contribution in [0.15, 0.2) is 16.6 Å². The van der Waals surface area contributed by atoms with Crippen LogP contribution in [0.25, 0.3) is 0 Å². The monoisotopic (exact) mass is 338 g/mol. The van der Waals surface area contributed by atoms with E-state index in [-0.39, 0.29) is 36.1 Å². The molecule has 1 aromatic carbocycles. The van der Waals surface area contributed by atoms with Crippen molar-refractivity contribution in [1.29, 1.82) is 0 Å². The van der Waals surface area contributed by atoms with Crippen molar-refractivity contribution >= 4 is 27.3 Å². The Bertz CT molecular complexity index is 515. The molecule has 0 unspecified atom stereocenters. The number of halogens is 4. The summed E-state index contributed by atoms with van der Waals surface area (Å²) < 4.78 is 39.5. The summed E-state index contributed by atoms with van der Waals surface area (Å²) in [6, 6.07) is 2.06. The van der Waals surface area contributed by atoms with E-state index in [0.29, 0.717) is 0 Å². The van der Waals surface area contributed by atoms with E-state index in [9.17, 15) is 23.3 Å². The number of benzene rings is 1. The minimum atomic E-state index is -2.73. The largest absolute Gasteiger partial charge is 0.366 e. The van der Waals surface area contributed by atoms with E-state index in [2.05, 4.69) is 15.9 Å². The van der Waals surface area contributed by atoms with E-state index in [4.69, 9.17) is 0 Å². The SMILES string of the molecule is O=[N+]([O-])c1cc(F)c(Br)cc1N1CCC(F)(F)CC1. The maximum Gasteiger partial charge on any atom is 0.295 e. The van der Waals surface area contributed by atoms with Crippen LogP contribution in [0.4, 0.5) is 24.5 Å². The van der Waals surface area contributed by atoms with Crippen molar-refractivity contribution < 1.29 is 18.1 Å². The Morgan fingerprint density at radius 2 is 1.89 bits per heavy atom. The molecule has 0 bridgehead atoms. The summed E-state index contributed by atoms with van der Waals surface area (Å²) >= 11 is 2.95. The van der Waals surface area contributed by atoms with Crippen LogP contribution in [-0.2, 0) is 0 Å². The van der Waals surface area contributed by atoms with Gasteiger partial charge in [0, 0.05) is 25.9 Å². The molecule has 0 N–H and O–H groups in total. The summed E-state index contributed by atoms with van der Waals surface area (Å²) in [4.78, 5) is 11.7. The van der Waals surface area contributed by atoms with Crippen LogP contribution in [-0.4, -0.2) is 23.9 Å². The number of nitro groups is 1. The van der Waals surface area contributed by atoms with E-state index in [0.717, 1.165) is 6.07 Å². The van der Waals surface area contributed by atoms with Gasteiger partial charge in [-0.1, -0.05) is 0 Å². The molecule has 0 aromatic heterocycles. The van der Waals surface area contributed by atoms with E-state index in [1.807, 2.05) is 0 Å². The zero-order chi connectivity index (χ0) is 14.2. The number of alkyl halides is 2. The maximum absolute atomic E-state index is 13.3. The van der Waals surface area contributed by atoms with Gasteiger partial charge in [-0.15, -0.1) is 0 Å². The molecule has 4 nitrogen and oxygen atoms in total. The zero-order valence-corrected chi connectivity index (χ0v) is 11.3. The van der Waals surface area contributed by atoms with E-state index < -0.39 is 22.4 Å². The third-order valence-corrected chi connectivity index (χ3v) is 3.66. The highest BCUT2D eigenvalue weighted by molar-refractivity contribution is 9.10. The molecule has 1 fully saturated rings. The van der Waals surface area contributed by atoms with Gasteiger partial charge in [0.1, 0.15) is 11.5 Å². The van der Waals surface area contributed by atoms with Crippen LogP contribution in [0.1, 0.15) is 12.8 Å². The quantitative estimate of drug-likeness (QED) is 0.609. The van der Waals surface area contributed by atoms with E-state index >= 15 is 0 Å². The highest BCUT2D eigenvalue weighted by Crippen LogP contribution is 2.37. The van der Waals surface area contributed by atoms with Gasteiger partial charge in [-0.05, 0) is 22.0 Å². The number of hydrogen-bond donors (Lipinski definition) is 0. The molecule has 1 aliphatic rings. The molecule has 0 saturated carbocycles. The summed E-state index contributed by atoms with van der Waals surface area (Å²) in [5, 5.41) is 10.9. The fourth-order valence-corrected chi connectivity index (χ4v) is 2.33. The third kappa shape index (κ3) is 2.99. The fraction of sp³-hybridized carbons (Fsp3) is 0.455. The Hall–Kier alpha value is -1.31. The van der Waals surface area contributed by atoms with Crippen molar-refractivity contribution in [3.05, 3.63) is 32.5 Å². The van der Waals surface area contributed by atoms with Gasteiger partial charge >= 0.3 is 0 Å². The van der Waals surface area contributed by atoms with Crippen LogP contribution in [0.2, 0.25) is 0 Å². The van der Waals surface area contributed by atoms with Gasteiger partial charge in [0.15, 0.2) is 0 Å². The van der Waals surface area contributed by atoms with Gasteiger partial charge in [0.2, 0.25) is 0 Å². The third-order valence-electron chi connectivity index (χ3n) is 3.05. The summed E-state index contributed by atoms with van der Waals surface area (Å²) in [5.41, 5.74) is -0.250. The van der Waals surface area contributed by atoms with Crippen LogP contribution in [0, 0.1) is 15.9 Å². The number of hydrogen-bond acceptors (Lipinski definition) is 3. The molecule has 104 valence electrons. The first-order chi connectivity index (χ1) is 8.80. The lowest BCUT2D eigenvalue weighted by Crippen LogP contribution is -2.39. The smallest absolute Gasteiger partial charge is 0.295 e. The first kappa shape index (κ1) is 14.1. The molecule has 1 aromatic rings. The van der Waals surface area contributed by atoms with Crippen LogP contribution >= 0.6 is 15.9 Å². The van der Waals surface area contributed by atoms with Crippen LogP contribution < -0.4 is 4.90 Å². The Kier molecular flexibility index (Phi) is 3.71. The molecule has 0 amide bonds. The summed E-state index contributed by atoms with van der Waals surface area (Å²) in [5.74, 6) is -3.49. The van der Waals surface area contributed by atoms with E-state index in [1.165, 1.54) is 11.0 Å². The second kappa shape index (κ2) is 4.99. The average Bonchev–Trinajstić information content (AvgIpc) is 2.32. The van der Waals surface area contributed by atoms with Crippen molar-refractivity contribution in [3.63, 3.8) is 0 Å². The molecule has 0 spiro atoms. The molecular weight excluding hydrogens is 329 g/mol. The molecule has 0 atom stereocenters. The van der Waals surface area contributed by atoms with Gasteiger partial charge in [0.25, 0.3) is 11.6 Å². The van der Waals surface area contributed by atoms with Crippen molar-refractivity contribution in [2.45, 2.75) is 18.8 Å². The second-order valence-corrected chi connectivity index (χ2v) is 5.21. The molecule has 0 radical (unpaired) electrons. The highest BCUT2D eigenvalue weighted by atomic mass is 79.9. The molecule has 8 heteroatoms. The first-order valence-corrected chi connectivity index (χ1v) is 6.36. The molecule has 1 heterocycles.